The average Bonchev–Trinajstić information content (AvgIpc) is 3.35. The number of hydrogen-bond acceptors (Lipinski definition) is 7. The van der Waals surface area contributed by atoms with Crippen LogP contribution in [0, 0.1) is 6.92 Å². The van der Waals surface area contributed by atoms with Crippen molar-refractivity contribution < 1.29 is 0 Å². The van der Waals surface area contributed by atoms with Crippen LogP contribution < -0.4 is 4.90 Å². The summed E-state index contributed by atoms with van der Waals surface area (Å²) in [6.45, 7) is 2.07. The van der Waals surface area contributed by atoms with Gasteiger partial charge in [0.15, 0.2) is 0 Å². The summed E-state index contributed by atoms with van der Waals surface area (Å²) in [5, 5.41) is 22.8. The van der Waals surface area contributed by atoms with Crippen molar-refractivity contribution in [1.29, 1.82) is 0 Å². The third kappa shape index (κ3) is 4.36. The standard InChI is InChI=1S/C25H23N5S2/c1-16-8-10-17(11-9-16)26-28-24-14-22-23(31-24)15-25(32-22)29-27-20-12-13-21(30(2)3)19-7-5-4-6-18(19)20/h4-15,22-23H,1-3H3. The molecule has 2 unspecified atom stereocenters. The molecule has 0 amide bonds. The zero-order valence-corrected chi connectivity index (χ0v) is 19.8. The first-order chi connectivity index (χ1) is 15.6. The second-order valence-electron chi connectivity index (χ2n) is 7.95. The molecule has 2 heterocycles. The summed E-state index contributed by atoms with van der Waals surface area (Å²) in [5.41, 5.74) is 4.16. The Bertz CT molecular complexity index is 1280. The molecule has 5 nitrogen and oxygen atoms in total. The zero-order valence-electron chi connectivity index (χ0n) is 18.1. The molecule has 0 saturated carbocycles. The first-order valence-corrected chi connectivity index (χ1v) is 12.2. The Morgan fingerprint density at radius 3 is 1.97 bits per heavy atom. The number of rotatable bonds is 5. The molecule has 7 heteroatoms. The number of benzene rings is 3. The maximum Gasteiger partial charge on any atom is 0.117 e. The minimum atomic E-state index is 0.328. The zero-order chi connectivity index (χ0) is 22.1. The van der Waals surface area contributed by atoms with Gasteiger partial charge < -0.3 is 4.90 Å². The van der Waals surface area contributed by atoms with Gasteiger partial charge in [0.2, 0.25) is 0 Å². The van der Waals surface area contributed by atoms with Crippen LogP contribution in [0.4, 0.5) is 17.1 Å². The van der Waals surface area contributed by atoms with E-state index in [1.54, 1.807) is 23.5 Å². The van der Waals surface area contributed by atoms with Crippen LogP contribution in [-0.2, 0) is 0 Å². The number of fused-ring (bicyclic) bond motifs is 2. The van der Waals surface area contributed by atoms with E-state index in [1.807, 2.05) is 36.4 Å². The quantitative estimate of drug-likeness (QED) is 0.365. The summed E-state index contributed by atoms with van der Waals surface area (Å²) in [5.74, 6) is 0. The predicted octanol–water partition coefficient (Wildman–Crippen LogP) is 8.00. The Morgan fingerprint density at radius 2 is 1.31 bits per heavy atom. The van der Waals surface area contributed by atoms with E-state index in [4.69, 9.17) is 0 Å². The topological polar surface area (TPSA) is 52.7 Å². The number of nitrogens with zero attached hydrogens (tertiary/aromatic N) is 5. The van der Waals surface area contributed by atoms with E-state index in [2.05, 4.69) is 82.8 Å². The fourth-order valence-electron chi connectivity index (χ4n) is 3.71. The van der Waals surface area contributed by atoms with Gasteiger partial charge in [-0.2, -0.15) is 5.11 Å². The van der Waals surface area contributed by atoms with Crippen molar-refractivity contribution in [2.45, 2.75) is 17.4 Å². The maximum absolute atomic E-state index is 4.59. The minimum absolute atomic E-state index is 0.328. The molecule has 0 N–H and O–H groups in total. The molecular formula is C25H23N5S2. The number of thioether (sulfide) groups is 2. The van der Waals surface area contributed by atoms with Gasteiger partial charge in [-0.05, 0) is 43.3 Å². The molecule has 0 radical (unpaired) electrons. The van der Waals surface area contributed by atoms with Gasteiger partial charge in [0.1, 0.15) is 10.1 Å². The SMILES string of the molecule is Cc1ccc(N=NC2=CC3SC(N=Nc4ccc(N(C)C)c5ccccc45)=CC3S2)cc1. The van der Waals surface area contributed by atoms with E-state index < -0.39 is 0 Å². The van der Waals surface area contributed by atoms with Crippen molar-refractivity contribution >= 4 is 51.4 Å². The lowest BCUT2D eigenvalue weighted by atomic mass is 10.1. The summed E-state index contributed by atoms with van der Waals surface area (Å²) in [6.07, 6.45) is 4.36. The van der Waals surface area contributed by atoms with Gasteiger partial charge >= 0.3 is 0 Å². The van der Waals surface area contributed by atoms with Crippen LogP contribution in [-0.4, -0.2) is 24.6 Å². The monoisotopic (exact) mass is 457 g/mol. The maximum atomic E-state index is 4.59. The van der Waals surface area contributed by atoms with E-state index >= 15 is 0 Å². The molecular weight excluding hydrogens is 434 g/mol. The van der Waals surface area contributed by atoms with Crippen molar-refractivity contribution in [3.05, 3.63) is 88.4 Å². The molecule has 0 fully saturated rings. The fourth-order valence-corrected chi connectivity index (χ4v) is 6.22. The van der Waals surface area contributed by atoms with Crippen molar-refractivity contribution in [2.24, 2.45) is 20.5 Å². The van der Waals surface area contributed by atoms with Gasteiger partial charge in [-0.3, -0.25) is 0 Å². The number of hydrogen-bond donors (Lipinski definition) is 0. The molecule has 0 aromatic heterocycles. The van der Waals surface area contributed by atoms with E-state index in [0.29, 0.717) is 10.5 Å². The third-order valence-corrected chi connectivity index (χ3v) is 7.86. The van der Waals surface area contributed by atoms with Crippen LogP contribution in [0.15, 0.2) is 103 Å². The van der Waals surface area contributed by atoms with E-state index in [9.17, 15) is 0 Å². The summed E-state index contributed by atoms with van der Waals surface area (Å²) >= 11 is 3.47. The van der Waals surface area contributed by atoms with Crippen LogP contribution in [0.5, 0.6) is 0 Å². The van der Waals surface area contributed by atoms with Gasteiger partial charge in [-0.15, -0.1) is 15.3 Å². The van der Waals surface area contributed by atoms with Gasteiger partial charge in [-0.1, -0.05) is 65.5 Å². The molecule has 0 aliphatic carbocycles. The number of azo groups is 2. The lowest BCUT2D eigenvalue weighted by Gasteiger charge is -2.16. The van der Waals surface area contributed by atoms with Crippen LogP contribution in [0.2, 0.25) is 0 Å². The van der Waals surface area contributed by atoms with Crippen molar-refractivity contribution in [1.82, 2.24) is 0 Å². The van der Waals surface area contributed by atoms with Crippen LogP contribution >= 0.6 is 23.5 Å². The smallest absolute Gasteiger partial charge is 0.117 e. The number of aryl methyl sites for hydroxylation is 1. The Hall–Kier alpha value is -2.90. The van der Waals surface area contributed by atoms with Crippen molar-refractivity contribution in [3.63, 3.8) is 0 Å². The Kier molecular flexibility index (Phi) is 5.85. The average molecular weight is 458 g/mol. The molecule has 0 bridgehead atoms. The molecule has 32 heavy (non-hydrogen) atoms. The highest BCUT2D eigenvalue weighted by Gasteiger charge is 2.34. The molecule has 2 atom stereocenters. The minimum Gasteiger partial charge on any atom is -0.377 e. The molecule has 2 aliphatic rings. The summed E-state index contributed by atoms with van der Waals surface area (Å²) < 4.78 is 0. The molecule has 160 valence electrons. The Labute approximate surface area is 196 Å². The Morgan fingerprint density at radius 1 is 0.688 bits per heavy atom. The summed E-state index contributed by atoms with van der Waals surface area (Å²) in [6, 6.07) is 20.6. The van der Waals surface area contributed by atoms with Crippen molar-refractivity contribution in [3.8, 4) is 0 Å². The Balaban J connectivity index is 1.28. The molecule has 3 aromatic rings. The third-order valence-electron chi connectivity index (χ3n) is 5.37. The van der Waals surface area contributed by atoms with Gasteiger partial charge in [0, 0.05) is 41.1 Å². The lowest BCUT2D eigenvalue weighted by Crippen LogP contribution is -2.08. The second kappa shape index (κ2) is 8.92. The van der Waals surface area contributed by atoms with E-state index in [0.717, 1.165) is 26.8 Å². The highest BCUT2D eigenvalue weighted by atomic mass is 32.2. The molecule has 3 aromatic carbocycles. The molecule has 0 saturated heterocycles. The van der Waals surface area contributed by atoms with Crippen molar-refractivity contribution in [2.75, 3.05) is 19.0 Å². The molecule has 0 spiro atoms. The van der Waals surface area contributed by atoms with Gasteiger partial charge in [0.25, 0.3) is 0 Å². The van der Waals surface area contributed by atoms with Crippen LogP contribution in [0.25, 0.3) is 10.8 Å². The lowest BCUT2D eigenvalue weighted by molar-refractivity contribution is 1.13. The largest absolute Gasteiger partial charge is 0.377 e. The summed E-state index contributed by atoms with van der Waals surface area (Å²) in [7, 11) is 4.11. The molecule has 2 aliphatic heterocycles. The normalized spacial score (nSPS) is 20.2. The molecule has 5 rings (SSSR count). The number of anilines is 1. The van der Waals surface area contributed by atoms with E-state index in [1.165, 1.54) is 16.6 Å². The first-order valence-electron chi connectivity index (χ1n) is 10.4. The van der Waals surface area contributed by atoms with Gasteiger partial charge in [0.05, 0.1) is 11.4 Å². The van der Waals surface area contributed by atoms with E-state index in [-0.39, 0.29) is 0 Å². The highest BCUT2D eigenvalue weighted by molar-refractivity contribution is 8.09. The first kappa shape index (κ1) is 21.0. The van der Waals surface area contributed by atoms with Gasteiger partial charge in [-0.25, -0.2) is 0 Å². The highest BCUT2D eigenvalue weighted by Crippen LogP contribution is 2.48. The van der Waals surface area contributed by atoms with Crippen LogP contribution in [0.3, 0.4) is 0 Å². The second-order valence-corrected chi connectivity index (χ2v) is 10.4. The fraction of sp³-hybridized carbons (Fsp3) is 0.200. The summed E-state index contributed by atoms with van der Waals surface area (Å²) in [4.78, 5) is 2.12. The predicted molar refractivity (Wildman–Crippen MR) is 137 cm³/mol. The van der Waals surface area contributed by atoms with Crippen LogP contribution in [0.1, 0.15) is 5.56 Å².